The van der Waals surface area contributed by atoms with Gasteiger partial charge < -0.3 is 10.0 Å². The number of carboxylic acids is 1. The van der Waals surface area contributed by atoms with Crippen LogP contribution in [0.5, 0.6) is 0 Å². The monoisotopic (exact) mass is 250 g/mol. The van der Waals surface area contributed by atoms with Crippen molar-refractivity contribution in [2.24, 2.45) is 0 Å². The Morgan fingerprint density at radius 3 is 2.82 bits per heavy atom. The van der Waals surface area contributed by atoms with Crippen LogP contribution in [0.25, 0.3) is 0 Å². The van der Waals surface area contributed by atoms with Crippen molar-refractivity contribution in [2.75, 3.05) is 11.9 Å². The van der Waals surface area contributed by atoms with E-state index in [1.165, 1.54) is 6.07 Å². The summed E-state index contributed by atoms with van der Waals surface area (Å²) >= 11 is 1.56. The van der Waals surface area contributed by atoms with Gasteiger partial charge in [0, 0.05) is 18.1 Å². The average Bonchev–Trinajstić information content (AvgIpc) is 2.82. The van der Waals surface area contributed by atoms with Crippen LogP contribution in [0.1, 0.15) is 15.4 Å². The molecular formula is C10H10N4O2S. The van der Waals surface area contributed by atoms with Crippen LogP contribution in [0.4, 0.5) is 5.82 Å². The fraction of sp³-hybridized carbons (Fsp3) is 0.200. The standard InChI is InChI=1S/C10H10N4O2S/c1-14(5-7-4-11-6-17-7)9-3-2-8(10(15)16)12-13-9/h2-4,6H,5H2,1H3,(H,15,16). The van der Waals surface area contributed by atoms with Crippen LogP contribution in [0.3, 0.4) is 0 Å². The summed E-state index contributed by atoms with van der Waals surface area (Å²) in [6.07, 6.45) is 1.79. The lowest BCUT2D eigenvalue weighted by molar-refractivity contribution is 0.0689. The predicted octanol–water partition coefficient (Wildman–Crippen LogP) is 1.27. The third kappa shape index (κ3) is 2.76. The number of hydrogen-bond donors (Lipinski definition) is 1. The van der Waals surface area contributed by atoms with Crippen molar-refractivity contribution in [1.82, 2.24) is 15.2 Å². The number of carbonyl (C=O) groups is 1. The van der Waals surface area contributed by atoms with Crippen molar-refractivity contribution in [1.29, 1.82) is 0 Å². The van der Waals surface area contributed by atoms with E-state index in [2.05, 4.69) is 15.2 Å². The first-order valence-electron chi connectivity index (χ1n) is 4.82. The Morgan fingerprint density at radius 2 is 2.29 bits per heavy atom. The minimum atomic E-state index is -1.07. The summed E-state index contributed by atoms with van der Waals surface area (Å²) in [7, 11) is 1.87. The zero-order chi connectivity index (χ0) is 12.3. The molecule has 0 radical (unpaired) electrons. The van der Waals surface area contributed by atoms with Gasteiger partial charge in [0.2, 0.25) is 0 Å². The Bertz CT molecular complexity index is 498. The van der Waals surface area contributed by atoms with Gasteiger partial charge in [-0.2, -0.15) is 0 Å². The van der Waals surface area contributed by atoms with E-state index in [1.807, 2.05) is 11.9 Å². The smallest absolute Gasteiger partial charge is 0.356 e. The first kappa shape index (κ1) is 11.5. The quantitative estimate of drug-likeness (QED) is 0.880. The molecule has 0 aromatic carbocycles. The van der Waals surface area contributed by atoms with Gasteiger partial charge >= 0.3 is 5.97 Å². The summed E-state index contributed by atoms with van der Waals surface area (Å²) in [6, 6.07) is 3.07. The van der Waals surface area contributed by atoms with Gasteiger partial charge in [0.1, 0.15) is 0 Å². The highest BCUT2D eigenvalue weighted by Gasteiger charge is 2.08. The highest BCUT2D eigenvalue weighted by molar-refractivity contribution is 7.09. The van der Waals surface area contributed by atoms with Crippen LogP contribution in [0, 0.1) is 0 Å². The molecule has 2 rings (SSSR count). The van der Waals surface area contributed by atoms with Crippen molar-refractivity contribution in [3.05, 3.63) is 34.4 Å². The molecule has 17 heavy (non-hydrogen) atoms. The van der Waals surface area contributed by atoms with E-state index in [0.717, 1.165) is 4.88 Å². The van der Waals surface area contributed by atoms with Crippen LogP contribution < -0.4 is 4.90 Å². The molecule has 0 saturated heterocycles. The van der Waals surface area contributed by atoms with Crippen LogP contribution >= 0.6 is 11.3 Å². The molecule has 0 aliphatic carbocycles. The summed E-state index contributed by atoms with van der Waals surface area (Å²) in [6.45, 7) is 0.672. The first-order chi connectivity index (χ1) is 8.16. The summed E-state index contributed by atoms with van der Waals surface area (Å²) < 4.78 is 0. The van der Waals surface area contributed by atoms with Gasteiger partial charge in [-0.15, -0.1) is 21.5 Å². The highest BCUT2D eigenvalue weighted by atomic mass is 32.1. The Hall–Kier alpha value is -2.02. The van der Waals surface area contributed by atoms with Crippen molar-refractivity contribution in [2.45, 2.75) is 6.54 Å². The van der Waals surface area contributed by atoms with E-state index in [9.17, 15) is 4.79 Å². The number of thiazole rings is 1. The maximum absolute atomic E-state index is 10.6. The topological polar surface area (TPSA) is 79.2 Å². The molecule has 0 amide bonds. The number of hydrogen-bond acceptors (Lipinski definition) is 6. The number of aromatic carboxylic acids is 1. The fourth-order valence-corrected chi connectivity index (χ4v) is 1.92. The van der Waals surface area contributed by atoms with Crippen LogP contribution in [-0.4, -0.2) is 33.3 Å². The molecule has 0 aliphatic rings. The van der Waals surface area contributed by atoms with Gasteiger partial charge in [-0.25, -0.2) is 4.79 Å². The lowest BCUT2D eigenvalue weighted by Gasteiger charge is -2.15. The molecule has 0 aliphatic heterocycles. The maximum atomic E-state index is 10.6. The number of aromatic nitrogens is 3. The number of anilines is 1. The maximum Gasteiger partial charge on any atom is 0.356 e. The van der Waals surface area contributed by atoms with Crippen LogP contribution in [-0.2, 0) is 6.54 Å². The molecule has 2 aromatic rings. The minimum absolute atomic E-state index is 0.0556. The lowest BCUT2D eigenvalue weighted by Crippen LogP contribution is -2.18. The van der Waals surface area contributed by atoms with E-state index >= 15 is 0 Å². The van der Waals surface area contributed by atoms with Crippen LogP contribution in [0.2, 0.25) is 0 Å². The third-order valence-electron chi connectivity index (χ3n) is 2.14. The fourth-order valence-electron chi connectivity index (χ4n) is 1.28. The molecule has 0 saturated carbocycles. The van der Waals surface area contributed by atoms with Gasteiger partial charge in [0.15, 0.2) is 11.5 Å². The third-order valence-corrected chi connectivity index (χ3v) is 2.90. The number of nitrogens with zero attached hydrogens (tertiary/aromatic N) is 4. The van der Waals surface area contributed by atoms with Gasteiger partial charge in [-0.05, 0) is 12.1 Å². The molecule has 0 unspecified atom stereocenters. The second kappa shape index (κ2) is 4.88. The van der Waals surface area contributed by atoms with Crippen molar-refractivity contribution in [3.8, 4) is 0 Å². The SMILES string of the molecule is CN(Cc1cncs1)c1ccc(C(=O)O)nn1. The molecule has 1 N–H and O–H groups in total. The van der Waals surface area contributed by atoms with E-state index < -0.39 is 5.97 Å². The molecule has 2 heterocycles. The molecule has 6 nitrogen and oxygen atoms in total. The van der Waals surface area contributed by atoms with Gasteiger partial charge in [-0.3, -0.25) is 4.98 Å². The van der Waals surface area contributed by atoms with Crippen molar-refractivity contribution >= 4 is 23.1 Å². The van der Waals surface area contributed by atoms with Gasteiger partial charge in [0.05, 0.1) is 12.1 Å². The van der Waals surface area contributed by atoms with Gasteiger partial charge in [-0.1, -0.05) is 0 Å². The highest BCUT2D eigenvalue weighted by Crippen LogP contribution is 2.14. The molecular weight excluding hydrogens is 240 g/mol. The van der Waals surface area contributed by atoms with Crippen molar-refractivity contribution in [3.63, 3.8) is 0 Å². The summed E-state index contributed by atoms with van der Waals surface area (Å²) in [5, 5.41) is 16.2. The van der Waals surface area contributed by atoms with E-state index in [1.54, 1.807) is 29.1 Å². The molecule has 0 spiro atoms. The Morgan fingerprint density at radius 1 is 1.47 bits per heavy atom. The Labute approximate surface area is 102 Å². The average molecular weight is 250 g/mol. The zero-order valence-corrected chi connectivity index (χ0v) is 9.89. The Balaban J connectivity index is 2.09. The molecule has 0 atom stereocenters. The van der Waals surface area contributed by atoms with Crippen molar-refractivity contribution < 1.29 is 9.90 Å². The van der Waals surface area contributed by atoms with Crippen LogP contribution in [0.15, 0.2) is 23.8 Å². The summed E-state index contributed by atoms with van der Waals surface area (Å²) in [5.41, 5.74) is 1.71. The van der Waals surface area contributed by atoms with E-state index in [-0.39, 0.29) is 5.69 Å². The largest absolute Gasteiger partial charge is 0.476 e. The minimum Gasteiger partial charge on any atom is -0.476 e. The molecule has 0 fully saturated rings. The Kier molecular flexibility index (Phi) is 3.29. The lowest BCUT2D eigenvalue weighted by atomic mass is 10.3. The second-order valence-corrected chi connectivity index (χ2v) is 4.38. The van der Waals surface area contributed by atoms with E-state index in [4.69, 9.17) is 5.11 Å². The predicted molar refractivity (Wildman–Crippen MR) is 63.2 cm³/mol. The summed E-state index contributed by atoms with van der Waals surface area (Å²) in [5.74, 6) is -0.447. The molecule has 2 aromatic heterocycles. The zero-order valence-electron chi connectivity index (χ0n) is 9.07. The number of rotatable bonds is 4. The molecule has 0 bridgehead atoms. The normalized spacial score (nSPS) is 10.2. The molecule has 88 valence electrons. The first-order valence-corrected chi connectivity index (χ1v) is 5.70. The number of carboxylic acid groups (broad SMARTS) is 1. The summed E-state index contributed by atoms with van der Waals surface area (Å²) in [4.78, 5) is 17.6. The van der Waals surface area contributed by atoms with E-state index in [0.29, 0.717) is 12.4 Å². The second-order valence-electron chi connectivity index (χ2n) is 3.41. The molecule has 7 heteroatoms. The van der Waals surface area contributed by atoms with Gasteiger partial charge in [0.25, 0.3) is 0 Å².